The lowest BCUT2D eigenvalue weighted by Crippen LogP contribution is -2.04. The van der Waals surface area contributed by atoms with Crippen molar-refractivity contribution in [2.24, 2.45) is 0 Å². The van der Waals surface area contributed by atoms with Gasteiger partial charge in [0.2, 0.25) is 0 Å². The van der Waals surface area contributed by atoms with Gasteiger partial charge in [-0.1, -0.05) is 92.1 Å². The topological polar surface area (TPSA) is 68.3 Å². The molecule has 0 aliphatic carbocycles. The monoisotopic (exact) mass is 720 g/mol. The van der Waals surface area contributed by atoms with E-state index in [4.69, 9.17) is 58.0 Å². The molecule has 0 fully saturated rings. The number of ketones is 2. The van der Waals surface area contributed by atoms with Crippen molar-refractivity contribution in [3.63, 3.8) is 0 Å². The molecule has 0 amide bonds. The first kappa shape index (κ1) is 42.2. The quantitative estimate of drug-likeness (QED) is 0.129. The standard InChI is InChI=1S/C20H12Cl2O2.C8H4Cl2O2.C6H5Cl.2CH4.FH/c21-17-9-5-15(6-10-17)19(23)13-1-2-14(4-3-13)20(24)16-7-11-18(22)12-8-16;9-7(11)5-1-2-6(4-3-5)8(10)12;7-6-4-2-1-3-5-6;;;/h1-12H;1-4H;1-5H;2*1H4;1H. The van der Waals surface area contributed by atoms with Crippen molar-refractivity contribution >= 4 is 80.1 Å². The summed E-state index contributed by atoms with van der Waals surface area (Å²) in [6.07, 6.45) is 0. The molecule has 5 aromatic rings. The van der Waals surface area contributed by atoms with Crippen LogP contribution in [0.4, 0.5) is 4.70 Å². The summed E-state index contributed by atoms with van der Waals surface area (Å²) in [5.74, 6) is -0.227. The van der Waals surface area contributed by atoms with E-state index in [-0.39, 0.29) is 31.1 Å². The van der Waals surface area contributed by atoms with Crippen LogP contribution >= 0.6 is 58.0 Å². The Bertz CT molecular complexity index is 1580. The van der Waals surface area contributed by atoms with Crippen molar-refractivity contribution in [2.45, 2.75) is 14.9 Å². The van der Waals surface area contributed by atoms with Gasteiger partial charge in [0.05, 0.1) is 0 Å². The second kappa shape index (κ2) is 21.0. The molecule has 46 heavy (non-hydrogen) atoms. The molecular weight excluding hydrogens is 693 g/mol. The highest BCUT2D eigenvalue weighted by molar-refractivity contribution is 6.68. The largest absolute Gasteiger partial charge is 0.289 e. The summed E-state index contributed by atoms with van der Waals surface area (Å²) in [5.41, 5.74) is 2.83. The van der Waals surface area contributed by atoms with Crippen LogP contribution in [0, 0.1) is 0 Å². The maximum Gasteiger partial charge on any atom is 0.252 e. The number of hydrogen-bond acceptors (Lipinski definition) is 4. The number of carbonyl (C=O) groups excluding carboxylic acids is 4. The Labute approximate surface area is 293 Å². The maximum atomic E-state index is 12.4. The first-order valence-corrected chi connectivity index (χ1v) is 14.3. The van der Waals surface area contributed by atoms with Crippen LogP contribution in [0.2, 0.25) is 15.1 Å². The molecule has 0 radical (unpaired) electrons. The second-order valence-corrected chi connectivity index (χ2v) is 10.7. The third-order valence-electron chi connectivity index (χ3n) is 5.69. The lowest BCUT2D eigenvalue weighted by atomic mass is 9.99. The predicted molar refractivity (Wildman–Crippen MR) is 190 cm³/mol. The Hall–Kier alpha value is -3.84. The number of rotatable bonds is 6. The van der Waals surface area contributed by atoms with Crippen LogP contribution in [0.3, 0.4) is 0 Å². The number of halogens is 6. The van der Waals surface area contributed by atoms with Crippen LogP contribution in [0.5, 0.6) is 0 Å². The van der Waals surface area contributed by atoms with Gasteiger partial charge in [0.1, 0.15) is 0 Å². The summed E-state index contributed by atoms with van der Waals surface area (Å²) in [5, 5.41) is 0.848. The van der Waals surface area contributed by atoms with E-state index in [0.717, 1.165) is 5.02 Å². The SMILES string of the molecule is C.C.Clc1ccccc1.F.O=C(Cl)c1ccc(C(=O)Cl)cc1.O=C(c1ccc(Cl)cc1)c1ccc(C(=O)c2ccc(Cl)cc2)cc1. The molecule has 0 bridgehead atoms. The molecule has 4 nitrogen and oxygen atoms in total. The van der Waals surface area contributed by atoms with Gasteiger partial charge in [0.25, 0.3) is 10.5 Å². The van der Waals surface area contributed by atoms with Crippen molar-refractivity contribution < 1.29 is 23.9 Å². The van der Waals surface area contributed by atoms with Crippen LogP contribution in [-0.4, -0.2) is 22.1 Å². The normalized spacial score (nSPS) is 9.24. The second-order valence-electron chi connectivity index (χ2n) is 8.67. The van der Waals surface area contributed by atoms with E-state index in [9.17, 15) is 19.2 Å². The van der Waals surface area contributed by atoms with Crippen LogP contribution < -0.4 is 0 Å². The van der Waals surface area contributed by atoms with Crippen molar-refractivity contribution in [3.8, 4) is 0 Å². The molecule has 0 aliphatic rings. The minimum absolute atomic E-state index is 0. The number of hydrogen-bond donors (Lipinski definition) is 0. The maximum absolute atomic E-state index is 12.4. The molecule has 10 heteroatoms. The Morgan fingerprint density at radius 1 is 0.348 bits per heavy atom. The zero-order valence-corrected chi connectivity index (χ0v) is 26.3. The fraction of sp³-hybridized carbons (Fsp3) is 0.0556. The fourth-order valence-electron chi connectivity index (χ4n) is 3.46. The molecule has 0 heterocycles. The first-order chi connectivity index (χ1) is 20.5. The van der Waals surface area contributed by atoms with Gasteiger partial charge < -0.3 is 0 Å². The van der Waals surface area contributed by atoms with Gasteiger partial charge in [-0.2, -0.15) is 0 Å². The van der Waals surface area contributed by atoms with E-state index in [1.807, 2.05) is 30.3 Å². The van der Waals surface area contributed by atoms with E-state index >= 15 is 0 Å². The Kier molecular flexibility index (Phi) is 19.3. The van der Waals surface area contributed by atoms with Crippen molar-refractivity contribution in [1.29, 1.82) is 0 Å². The molecule has 5 rings (SSSR count). The minimum Gasteiger partial charge on any atom is -0.289 e. The summed E-state index contributed by atoms with van der Waals surface area (Å²) in [4.78, 5) is 46.0. The highest BCUT2D eigenvalue weighted by Gasteiger charge is 2.12. The average Bonchev–Trinajstić information content (AvgIpc) is 3.02. The van der Waals surface area contributed by atoms with Crippen molar-refractivity contribution in [3.05, 3.63) is 176 Å². The van der Waals surface area contributed by atoms with E-state index in [2.05, 4.69) is 0 Å². The van der Waals surface area contributed by atoms with E-state index < -0.39 is 10.5 Å². The summed E-state index contributed by atoms with van der Waals surface area (Å²) in [6, 6.07) is 35.3. The van der Waals surface area contributed by atoms with E-state index in [0.29, 0.717) is 43.4 Å². The summed E-state index contributed by atoms with van der Waals surface area (Å²) < 4.78 is 0. The lowest BCUT2D eigenvalue weighted by molar-refractivity contribution is 0.102. The van der Waals surface area contributed by atoms with Crippen LogP contribution in [-0.2, 0) is 0 Å². The van der Waals surface area contributed by atoms with Gasteiger partial charge in [0, 0.05) is 48.4 Å². The molecule has 0 saturated carbocycles. The van der Waals surface area contributed by atoms with Gasteiger partial charge in [-0.3, -0.25) is 23.9 Å². The molecule has 0 aromatic heterocycles. The van der Waals surface area contributed by atoms with Gasteiger partial charge in [-0.25, -0.2) is 0 Å². The van der Waals surface area contributed by atoms with Crippen LogP contribution in [0.1, 0.15) is 67.4 Å². The zero-order valence-electron chi connectivity index (χ0n) is 22.6. The highest BCUT2D eigenvalue weighted by atomic mass is 35.5. The van der Waals surface area contributed by atoms with Gasteiger partial charge >= 0.3 is 0 Å². The molecule has 0 N–H and O–H groups in total. The Morgan fingerprint density at radius 3 is 0.783 bits per heavy atom. The number of benzene rings is 5. The Balaban J connectivity index is 0.000000771. The van der Waals surface area contributed by atoms with E-state index in [1.165, 1.54) is 24.3 Å². The fourth-order valence-corrected chi connectivity index (χ4v) is 4.11. The van der Waals surface area contributed by atoms with Crippen molar-refractivity contribution in [1.82, 2.24) is 0 Å². The van der Waals surface area contributed by atoms with Crippen LogP contribution in [0.25, 0.3) is 0 Å². The lowest BCUT2D eigenvalue weighted by Gasteiger charge is -2.04. The van der Waals surface area contributed by atoms with E-state index in [1.54, 1.807) is 72.8 Å². The molecule has 0 unspecified atom stereocenters. The first-order valence-electron chi connectivity index (χ1n) is 12.5. The van der Waals surface area contributed by atoms with Crippen LogP contribution in [0.15, 0.2) is 127 Å². The molecule has 0 saturated heterocycles. The third-order valence-corrected chi connectivity index (χ3v) is 6.89. The predicted octanol–water partition coefficient (Wildman–Crippen LogP) is 11.7. The van der Waals surface area contributed by atoms with Gasteiger partial charge in [-0.05, 0) is 108 Å². The summed E-state index contributed by atoms with van der Waals surface area (Å²) >= 11 is 27.6. The molecule has 0 atom stereocenters. The minimum atomic E-state index is -0.552. The number of carbonyl (C=O) groups is 4. The highest BCUT2D eigenvalue weighted by Crippen LogP contribution is 2.17. The zero-order chi connectivity index (χ0) is 31.4. The average molecular weight is 723 g/mol. The summed E-state index contributed by atoms with van der Waals surface area (Å²) in [6.45, 7) is 0. The molecular formula is C36H30Cl5FO4. The molecule has 5 aromatic carbocycles. The van der Waals surface area contributed by atoms with Gasteiger partial charge in [-0.15, -0.1) is 0 Å². The van der Waals surface area contributed by atoms with Crippen molar-refractivity contribution in [2.75, 3.05) is 0 Å². The molecule has 0 spiro atoms. The molecule has 240 valence electrons. The third kappa shape index (κ3) is 13.3. The smallest absolute Gasteiger partial charge is 0.252 e. The summed E-state index contributed by atoms with van der Waals surface area (Å²) in [7, 11) is 0. The van der Waals surface area contributed by atoms with Gasteiger partial charge in [0.15, 0.2) is 11.6 Å². The Morgan fingerprint density at radius 2 is 0.565 bits per heavy atom. The molecule has 0 aliphatic heterocycles.